The fraction of sp³-hybridized carbons (Fsp3) is 0.650. The maximum Gasteiger partial charge on any atom is 0.233 e. The lowest BCUT2D eigenvalue weighted by atomic mass is 10.2. The van der Waals surface area contributed by atoms with Gasteiger partial charge >= 0.3 is 0 Å². The van der Waals surface area contributed by atoms with Crippen LogP contribution in [0.5, 0.6) is 0 Å². The molecule has 1 unspecified atom stereocenters. The number of anilines is 1. The minimum atomic E-state index is 0.193. The Morgan fingerprint density at radius 2 is 2.14 bits per heavy atom. The van der Waals surface area contributed by atoms with E-state index < -0.39 is 0 Å². The van der Waals surface area contributed by atoms with Crippen LogP contribution in [0.15, 0.2) is 22.7 Å². The lowest BCUT2D eigenvalue weighted by molar-refractivity contribution is -0.129. The van der Waals surface area contributed by atoms with Gasteiger partial charge in [-0.1, -0.05) is 31.7 Å². The molecule has 29 heavy (non-hydrogen) atoms. The Labute approximate surface area is 180 Å². The van der Waals surface area contributed by atoms with E-state index in [-0.39, 0.29) is 11.9 Å². The highest BCUT2D eigenvalue weighted by atomic mass is 32.2. The van der Waals surface area contributed by atoms with Gasteiger partial charge in [-0.2, -0.15) is 0 Å². The van der Waals surface area contributed by atoms with Crippen LogP contribution in [0.25, 0.3) is 0 Å². The molecule has 2 aliphatic heterocycles. The van der Waals surface area contributed by atoms with Crippen molar-refractivity contribution in [1.29, 1.82) is 0 Å². The summed E-state index contributed by atoms with van der Waals surface area (Å²) in [5, 5.41) is 11.8. The van der Waals surface area contributed by atoms with Crippen LogP contribution in [0.2, 0.25) is 0 Å². The Balaban J connectivity index is 1.44. The van der Waals surface area contributed by atoms with E-state index in [1.54, 1.807) is 11.3 Å². The molecule has 0 N–H and O–H groups in total. The predicted octanol–water partition coefficient (Wildman–Crippen LogP) is 3.29. The van der Waals surface area contributed by atoms with E-state index in [0.29, 0.717) is 24.9 Å². The van der Waals surface area contributed by atoms with Gasteiger partial charge in [0.1, 0.15) is 0 Å². The van der Waals surface area contributed by atoms with Crippen LogP contribution in [-0.2, 0) is 16.1 Å². The third kappa shape index (κ3) is 4.78. The fourth-order valence-electron chi connectivity index (χ4n) is 3.96. The third-order valence-electron chi connectivity index (χ3n) is 5.31. The number of carbonyl (C=O) groups excluding carboxylic acids is 1. The zero-order valence-electron chi connectivity index (χ0n) is 17.1. The minimum Gasteiger partial charge on any atom is -0.378 e. The van der Waals surface area contributed by atoms with Crippen molar-refractivity contribution in [3.05, 3.63) is 22.4 Å². The smallest absolute Gasteiger partial charge is 0.233 e. The number of thioether (sulfide) groups is 1. The van der Waals surface area contributed by atoms with E-state index in [2.05, 4.69) is 51.0 Å². The number of likely N-dealkylation sites (tertiary alicyclic amines) is 1. The molecule has 2 aromatic heterocycles. The molecule has 7 nitrogen and oxygen atoms in total. The molecule has 1 atom stereocenters. The average Bonchev–Trinajstić information content (AvgIpc) is 3.47. The summed E-state index contributed by atoms with van der Waals surface area (Å²) in [6.45, 7) is 9.17. The number of hydrogen-bond acceptors (Lipinski definition) is 7. The topological polar surface area (TPSA) is 63.5 Å². The van der Waals surface area contributed by atoms with E-state index in [0.717, 1.165) is 50.1 Å². The van der Waals surface area contributed by atoms with E-state index in [1.165, 1.54) is 16.6 Å². The van der Waals surface area contributed by atoms with E-state index in [4.69, 9.17) is 4.74 Å². The highest BCUT2D eigenvalue weighted by Crippen LogP contribution is 2.35. The first-order chi connectivity index (χ1) is 14.1. The summed E-state index contributed by atoms with van der Waals surface area (Å²) in [5.74, 6) is 1.97. The van der Waals surface area contributed by atoms with Crippen molar-refractivity contribution in [2.75, 3.05) is 43.5 Å². The molecule has 2 fully saturated rings. The Morgan fingerprint density at radius 1 is 1.31 bits per heavy atom. The number of ether oxygens (including phenoxy) is 1. The van der Waals surface area contributed by atoms with Crippen molar-refractivity contribution in [3.63, 3.8) is 0 Å². The molecule has 2 aliphatic rings. The molecule has 2 saturated heterocycles. The number of morpholine rings is 1. The summed E-state index contributed by atoms with van der Waals surface area (Å²) in [7, 11) is 0. The van der Waals surface area contributed by atoms with Gasteiger partial charge in [-0.3, -0.25) is 9.36 Å². The second-order valence-electron chi connectivity index (χ2n) is 7.94. The van der Waals surface area contributed by atoms with Gasteiger partial charge in [0.05, 0.1) is 25.0 Å². The molecule has 158 valence electrons. The molecule has 0 spiro atoms. The largest absolute Gasteiger partial charge is 0.378 e. The second kappa shape index (κ2) is 9.49. The number of hydrogen-bond donors (Lipinski definition) is 0. The van der Waals surface area contributed by atoms with Crippen LogP contribution in [0.4, 0.5) is 5.95 Å². The van der Waals surface area contributed by atoms with Crippen LogP contribution in [-0.4, -0.2) is 64.2 Å². The van der Waals surface area contributed by atoms with Gasteiger partial charge in [-0.05, 0) is 30.2 Å². The first-order valence-electron chi connectivity index (χ1n) is 10.3. The van der Waals surface area contributed by atoms with E-state index in [1.807, 2.05) is 4.90 Å². The van der Waals surface area contributed by atoms with E-state index >= 15 is 0 Å². The molecule has 1 amide bonds. The Bertz CT molecular complexity index is 802. The SMILES string of the molecule is CC(C)Cn1c(SCC(=O)N2CCCC2c2cccs2)nnc1N1CCOCC1. The van der Waals surface area contributed by atoms with Crippen molar-refractivity contribution in [3.8, 4) is 0 Å². The molecule has 0 aromatic carbocycles. The van der Waals surface area contributed by atoms with Crippen LogP contribution >= 0.6 is 23.1 Å². The van der Waals surface area contributed by atoms with Gasteiger partial charge < -0.3 is 14.5 Å². The van der Waals surface area contributed by atoms with Crippen molar-refractivity contribution in [1.82, 2.24) is 19.7 Å². The molecule has 2 aromatic rings. The van der Waals surface area contributed by atoms with Gasteiger partial charge in [0.15, 0.2) is 5.16 Å². The zero-order valence-corrected chi connectivity index (χ0v) is 18.8. The summed E-state index contributed by atoms with van der Waals surface area (Å²) >= 11 is 3.25. The maximum absolute atomic E-state index is 13.0. The third-order valence-corrected chi connectivity index (χ3v) is 7.23. The lowest BCUT2D eigenvalue weighted by Crippen LogP contribution is -2.38. The predicted molar refractivity (Wildman–Crippen MR) is 117 cm³/mol. The zero-order chi connectivity index (χ0) is 20.2. The van der Waals surface area contributed by atoms with Crippen LogP contribution in [0.1, 0.15) is 37.6 Å². The van der Waals surface area contributed by atoms with Crippen LogP contribution in [0, 0.1) is 5.92 Å². The van der Waals surface area contributed by atoms with Crippen LogP contribution in [0.3, 0.4) is 0 Å². The molecule has 0 aliphatic carbocycles. The van der Waals surface area contributed by atoms with Crippen molar-refractivity contribution >= 4 is 35.0 Å². The molecular weight excluding hydrogens is 406 g/mol. The normalized spacial score (nSPS) is 20.0. The molecule has 0 radical (unpaired) electrons. The van der Waals surface area contributed by atoms with Gasteiger partial charge in [0, 0.05) is 31.1 Å². The monoisotopic (exact) mass is 435 g/mol. The number of carbonyl (C=O) groups is 1. The molecule has 4 heterocycles. The number of amides is 1. The van der Waals surface area contributed by atoms with Crippen LogP contribution < -0.4 is 4.90 Å². The van der Waals surface area contributed by atoms with Crippen molar-refractivity contribution in [2.24, 2.45) is 5.92 Å². The number of thiophene rings is 1. The van der Waals surface area contributed by atoms with Gasteiger partial charge in [0.25, 0.3) is 0 Å². The lowest BCUT2D eigenvalue weighted by Gasteiger charge is -2.28. The second-order valence-corrected chi connectivity index (χ2v) is 9.86. The average molecular weight is 436 g/mol. The molecule has 4 rings (SSSR count). The first-order valence-corrected chi connectivity index (χ1v) is 12.2. The minimum absolute atomic E-state index is 0.193. The maximum atomic E-state index is 13.0. The summed E-state index contributed by atoms with van der Waals surface area (Å²) in [5.41, 5.74) is 0. The first kappa shape index (κ1) is 20.7. The Hall–Kier alpha value is -1.58. The molecular formula is C20H29N5O2S2. The van der Waals surface area contributed by atoms with Crippen molar-refractivity contribution < 1.29 is 9.53 Å². The molecule has 9 heteroatoms. The summed E-state index contributed by atoms with van der Waals surface area (Å²) in [4.78, 5) is 18.6. The van der Waals surface area contributed by atoms with Gasteiger partial charge in [-0.15, -0.1) is 21.5 Å². The van der Waals surface area contributed by atoms with Crippen molar-refractivity contribution in [2.45, 2.75) is 44.4 Å². The summed E-state index contributed by atoms with van der Waals surface area (Å²) < 4.78 is 7.65. The highest BCUT2D eigenvalue weighted by molar-refractivity contribution is 7.99. The quantitative estimate of drug-likeness (QED) is 0.622. The Morgan fingerprint density at radius 3 is 2.86 bits per heavy atom. The number of nitrogens with zero attached hydrogens (tertiary/aromatic N) is 5. The molecule has 0 saturated carbocycles. The standard InChI is InChI=1S/C20H29N5O2S2/c1-15(2)13-25-19(23-8-10-27-11-9-23)21-22-20(25)29-14-18(26)24-7-3-5-16(24)17-6-4-12-28-17/h4,6,12,15-16H,3,5,7-11,13-14H2,1-2H3. The van der Waals surface area contributed by atoms with E-state index in [9.17, 15) is 4.79 Å². The number of rotatable bonds is 7. The van der Waals surface area contributed by atoms with Gasteiger partial charge in [-0.25, -0.2) is 0 Å². The molecule has 0 bridgehead atoms. The Kier molecular flexibility index (Phi) is 6.77. The summed E-state index contributed by atoms with van der Waals surface area (Å²) in [6.07, 6.45) is 2.13. The van der Waals surface area contributed by atoms with Gasteiger partial charge in [0.2, 0.25) is 11.9 Å². The highest BCUT2D eigenvalue weighted by Gasteiger charge is 2.31. The summed E-state index contributed by atoms with van der Waals surface area (Å²) in [6, 6.07) is 4.44. The fourth-order valence-corrected chi connectivity index (χ4v) is 5.66. The number of aromatic nitrogens is 3.